The molecule has 0 aliphatic carbocycles. The molecule has 0 bridgehead atoms. The first kappa shape index (κ1) is 20.6. The number of aromatic nitrogens is 1. The topological polar surface area (TPSA) is 84.0 Å². The third-order valence-corrected chi connectivity index (χ3v) is 4.91. The molecule has 3 rings (SSSR count). The zero-order chi connectivity index (χ0) is 20.6. The molecule has 2 heterocycles. The molecule has 29 heavy (non-hydrogen) atoms. The van der Waals surface area contributed by atoms with Gasteiger partial charge in [0.2, 0.25) is 0 Å². The highest BCUT2D eigenvalue weighted by molar-refractivity contribution is 5.95. The van der Waals surface area contributed by atoms with Crippen LogP contribution in [-0.2, 0) is 0 Å². The SMILES string of the molecule is COc1cc(OC)cc(C(=O)N2CCN(CCNC(=O)c3ccncc3)CC2)c1. The van der Waals surface area contributed by atoms with E-state index in [1.165, 1.54) is 0 Å². The summed E-state index contributed by atoms with van der Waals surface area (Å²) in [5.74, 6) is 1.05. The standard InChI is InChI=1S/C21H26N4O4/c1-28-18-13-17(14-19(15-18)29-2)21(27)25-11-9-24(10-12-25)8-7-23-20(26)16-3-5-22-6-4-16/h3-6,13-15H,7-12H2,1-2H3,(H,23,26). The molecule has 0 atom stereocenters. The maximum Gasteiger partial charge on any atom is 0.254 e. The molecule has 0 radical (unpaired) electrons. The predicted molar refractivity (Wildman–Crippen MR) is 108 cm³/mol. The third-order valence-electron chi connectivity index (χ3n) is 4.91. The molecule has 1 N–H and O–H groups in total. The zero-order valence-electron chi connectivity index (χ0n) is 16.8. The minimum atomic E-state index is -0.104. The van der Waals surface area contributed by atoms with Crippen LogP contribution in [0.3, 0.4) is 0 Å². The molecular formula is C21H26N4O4. The molecule has 1 aromatic heterocycles. The van der Waals surface area contributed by atoms with Crippen LogP contribution in [0.1, 0.15) is 20.7 Å². The normalized spacial score (nSPS) is 14.3. The van der Waals surface area contributed by atoms with Gasteiger partial charge in [0.1, 0.15) is 11.5 Å². The molecule has 0 spiro atoms. The van der Waals surface area contributed by atoms with Crippen LogP contribution in [0.5, 0.6) is 11.5 Å². The fraction of sp³-hybridized carbons (Fsp3) is 0.381. The van der Waals surface area contributed by atoms with E-state index < -0.39 is 0 Å². The van der Waals surface area contributed by atoms with E-state index in [1.807, 2.05) is 4.90 Å². The summed E-state index contributed by atoms with van der Waals surface area (Å²) in [4.78, 5) is 32.9. The lowest BCUT2D eigenvalue weighted by Crippen LogP contribution is -2.50. The number of benzene rings is 1. The van der Waals surface area contributed by atoms with Crippen molar-refractivity contribution in [1.29, 1.82) is 0 Å². The molecule has 0 unspecified atom stereocenters. The fourth-order valence-electron chi connectivity index (χ4n) is 3.22. The van der Waals surface area contributed by atoms with Gasteiger partial charge in [0.15, 0.2) is 0 Å². The lowest BCUT2D eigenvalue weighted by atomic mass is 10.1. The number of rotatable bonds is 7. The molecule has 1 fully saturated rings. The number of ether oxygens (including phenoxy) is 2. The van der Waals surface area contributed by atoms with Gasteiger partial charge in [-0.25, -0.2) is 0 Å². The van der Waals surface area contributed by atoms with Crippen molar-refractivity contribution in [1.82, 2.24) is 20.1 Å². The van der Waals surface area contributed by atoms with Gasteiger partial charge in [0.05, 0.1) is 14.2 Å². The predicted octanol–water partition coefficient (Wildman–Crippen LogP) is 1.29. The molecule has 1 saturated heterocycles. The first-order valence-electron chi connectivity index (χ1n) is 9.53. The Morgan fingerprint density at radius 1 is 0.966 bits per heavy atom. The summed E-state index contributed by atoms with van der Waals surface area (Å²) >= 11 is 0. The van der Waals surface area contributed by atoms with Crippen LogP contribution in [0.25, 0.3) is 0 Å². The van der Waals surface area contributed by atoms with E-state index in [0.29, 0.717) is 42.3 Å². The average Bonchev–Trinajstić information content (AvgIpc) is 2.79. The highest BCUT2D eigenvalue weighted by Gasteiger charge is 2.23. The fourth-order valence-corrected chi connectivity index (χ4v) is 3.22. The number of nitrogens with zero attached hydrogens (tertiary/aromatic N) is 3. The largest absolute Gasteiger partial charge is 0.497 e. The van der Waals surface area contributed by atoms with E-state index in [0.717, 1.165) is 19.6 Å². The molecule has 8 nitrogen and oxygen atoms in total. The van der Waals surface area contributed by atoms with Crippen molar-refractivity contribution >= 4 is 11.8 Å². The van der Waals surface area contributed by atoms with E-state index >= 15 is 0 Å². The van der Waals surface area contributed by atoms with E-state index in [4.69, 9.17) is 9.47 Å². The Hall–Kier alpha value is -3.13. The van der Waals surface area contributed by atoms with Crippen molar-refractivity contribution in [3.63, 3.8) is 0 Å². The lowest BCUT2D eigenvalue weighted by molar-refractivity contribution is 0.0637. The second-order valence-corrected chi connectivity index (χ2v) is 6.73. The summed E-state index contributed by atoms with van der Waals surface area (Å²) in [5, 5.41) is 2.91. The van der Waals surface area contributed by atoms with Crippen LogP contribution >= 0.6 is 0 Å². The maximum atomic E-state index is 12.8. The molecule has 1 aromatic carbocycles. The monoisotopic (exact) mass is 398 g/mol. The molecule has 0 saturated carbocycles. The Balaban J connectivity index is 1.46. The summed E-state index contributed by atoms with van der Waals surface area (Å²) in [6.07, 6.45) is 3.20. The van der Waals surface area contributed by atoms with Gasteiger partial charge in [-0.05, 0) is 24.3 Å². The molecule has 8 heteroatoms. The summed E-state index contributed by atoms with van der Waals surface area (Å²) < 4.78 is 10.5. The van der Waals surface area contributed by atoms with Gasteiger partial charge in [0.25, 0.3) is 11.8 Å². The van der Waals surface area contributed by atoms with Crippen LogP contribution in [-0.4, -0.2) is 80.1 Å². The van der Waals surface area contributed by atoms with Gasteiger partial charge in [-0.1, -0.05) is 0 Å². The van der Waals surface area contributed by atoms with Gasteiger partial charge in [0, 0.05) is 68.9 Å². The van der Waals surface area contributed by atoms with E-state index in [2.05, 4.69) is 15.2 Å². The molecule has 1 aliphatic heterocycles. The Morgan fingerprint density at radius 3 is 2.17 bits per heavy atom. The summed E-state index contributed by atoms with van der Waals surface area (Å²) in [6.45, 7) is 4.09. The Bertz CT molecular complexity index is 814. The van der Waals surface area contributed by atoms with Crippen LogP contribution in [0.2, 0.25) is 0 Å². The number of carbonyl (C=O) groups excluding carboxylic acids is 2. The number of hydrogen-bond donors (Lipinski definition) is 1. The van der Waals surface area contributed by atoms with Gasteiger partial charge in [-0.2, -0.15) is 0 Å². The van der Waals surface area contributed by atoms with E-state index in [9.17, 15) is 9.59 Å². The average molecular weight is 398 g/mol. The number of nitrogens with one attached hydrogen (secondary N) is 1. The third kappa shape index (κ3) is 5.45. The van der Waals surface area contributed by atoms with E-state index in [-0.39, 0.29) is 11.8 Å². The van der Waals surface area contributed by atoms with Crippen molar-refractivity contribution in [3.05, 3.63) is 53.9 Å². The number of methoxy groups -OCH3 is 2. The van der Waals surface area contributed by atoms with Crippen LogP contribution in [0.15, 0.2) is 42.7 Å². The van der Waals surface area contributed by atoms with Crippen LogP contribution in [0, 0.1) is 0 Å². The number of piperazine rings is 1. The van der Waals surface area contributed by atoms with Crippen molar-refractivity contribution in [2.24, 2.45) is 0 Å². The van der Waals surface area contributed by atoms with Crippen LogP contribution < -0.4 is 14.8 Å². The van der Waals surface area contributed by atoms with Gasteiger partial charge >= 0.3 is 0 Å². The van der Waals surface area contributed by atoms with Gasteiger partial charge < -0.3 is 19.7 Å². The summed E-state index contributed by atoms with van der Waals surface area (Å²) in [6, 6.07) is 8.58. The zero-order valence-corrected chi connectivity index (χ0v) is 16.8. The van der Waals surface area contributed by atoms with Crippen molar-refractivity contribution in [2.75, 3.05) is 53.5 Å². The second-order valence-electron chi connectivity index (χ2n) is 6.73. The highest BCUT2D eigenvalue weighted by atomic mass is 16.5. The summed E-state index contributed by atoms with van der Waals surface area (Å²) in [7, 11) is 3.13. The summed E-state index contributed by atoms with van der Waals surface area (Å²) in [5.41, 5.74) is 1.16. The lowest BCUT2D eigenvalue weighted by Gasteiger charge is -2.34. The molecule has 154 valence electrons. The second kappa shape index (κ2) is 9.88. The van der Waals surface area contributed by atoms with Crippen LogP contribution in [0.4, 0.5) is 0 Å². The Morgan fingerprint density at radius 2 is 1.59 bits per heavy atom. The highest BCUT2D eigenvalue weighted by Crippen LogP contribution is 2.23. The van der Waals surface area contributed by atoms with Crippen molar-refractivity contribution in [2.45, 2.75) is 0 Å². The number of pyridine rings is 1. The quantitative estimate of drug-likeness (QED) is 0.757. The first-order chi connectivity index (χ1) is 14.1. The maximum absolute atomic E-state index is 12.8. The van der Waals surface area contributed by atoms with E-state index in [1.54, 1.807) is 56.9 Å². The molecule has 1 aliphatic rings. The first-order valence-corrected chi connectivity index (χ1v) is 9.53. The number of amides is 2. The Kier molecular flexibility index (Phi) is 7.02. The molecular weight excluding hydrogens is 372 g/mol. The number of hydrogen-bond acceptors (Lipinski definition) is 6. The smallest absolute Gasteiger partial charge is 0.254 e. The molecule has 2 amide bonds. The minimum Gasteiger partial charge on any atom is -0.497 e. The van der Waals surface area contributed by atoms with Crippen molar-refractivity contribution < 1.29 is 19.1 Å². The Labute approximate surface area is 170 Å². The van der Waals surface area contributed by atoms with Gasteiger partial charge in [-0.15, -0.1) is 0 Å². The van der Waals surface area contributed by atoms with Gasteiger partial charge in [-0.3, -0.25) is 19.5 Å². The number of carbonyl (C=O) groups is 2. The minimum absolute atomic E-state index is 0.0344. The molecule has 2 aromatic rings. The van der Waals surface area contributed by atoms with Crippen molar-refractivity contribution in [3.8, 4) is 11.5 Å².